The van der Waals surface area contributed by atoms with Crippen molar-refractivity contribution in [3.05, 3.63) is 0 Å². The van der Waals surface area contributed by atoms with E-state index < -0.39 is 7.74 Å². The van der Waals surface area contributed by atoms with Crippen LogP contribution in [0.5, 0.6) is 0 Å². The molecule has 56 valence electrons. The van der Waals surface area contributed by atoms with Crippen LogP contribution in [0.4, 0.5) is 0 Å². The topological polar surface area (TPSA) is 0 Å². The van der Waals surface area contributed by atoms with E-state index >= 15 is 0 Å². The molecule has 0 amide bonds. The molecule has 0 rings (SSSR count). The highest BCUT2D eigenvalue weighted by Gasteiger charge is 2.28. The van der Waals surface area contributed by atoms with E-state index in [1.54, 1.807) is 0 Å². The zero-order chi connectivity index (χ0) is 7.65. The van der Waals surface area contributed by atoms with Crippen LogP contribution < -0.4 is 0 Å². The average molecular weight is 162 g/mol. The third kappa shape index (κ3) is 2.39. The van der Waals surface area contributed by atoms with Gasteiger partial charge in [-0.1, -0.05) is 34.2 Å². The Morgan fingerprint density at radius 3 is 1.22 bits per heavy atom. The molecule has 0 aliphatic rings. The van der Waals surface area contributed by atoms with E-state index in [0.29, 0.717) is 0 Å². The molecule has 1 atom stereocenters. The van der Waals surface area contributed by atoms with Crippen molar-refractivity contribution >= 4 is 16.5 Å². The van der Waals surface area contributed by atoms with E-state index in [9.17, 15) is 0 Å². The van der Waals surface area contributed by atoms with Crippen molar-refractivity contribution in [1.29, 1.82) is 0 Å². The summed E-state index contributed by atoms with van der Waals surface area (Å²) in [7, 11) is 2.14. The average Bonchev–Trinajstić information content (AvgIpc) is 1.65. The second-order valence-electron chi connectivity index (χ2n) is 3.68. The molecular formula is C7H19PSi. The maximum Gasteiger partial charge on any atom is 0.0766 e. The summed E-state index contributed by atoms with van der Waals surface area (Å²) in [6.07, 6.45) is 0. The van der Waals surface area contributed by atoms with Crippen LogP contribution in [0.1, 0.15) is 27.7 Å². The van der Waals surface area contributed by atoms with Crippen molar-refractivity contribution < 1.29 is 0 Å². The number of hydrogen-bond acceptors (Lipinski definition) is 0. The van der Waals surface area contributed by atoms with Crippen LogP contribution in [-0.4, -0.2) is 7.74 Å². The van der Waals surface area contributed by atoms with E-state index in [0.717, 1.165) is 11.1 Å². The third-order valence-electron chi connectivity index (χ3n) is 2.49. The molecular weight excluding hydrogens is 143 g/mol. The molecule has 1 unspecified atom stereocenters. The quantitative estimate of drug-likeness (QED) is 0.432. The zero-order valence-corrected chi connectivity index (χ0v) is 9.39. The lowest BCUT2D eigenvalue weighted by Gasteiger charge is -2.30. The molecule has 2 heteroatoms. The summed E-state index contributed by atoms with van der Waals surface area (Å²) in [5.41, 5.74) is 1.78. The van der Waals surface area contributed by atoms with Gasteiger partial charge in [0.2, 0.25) is 0 Å². The molecule has 0 aromatic heterocycles. The standard InChI is InChI=1S/C7H19PSi/c1-6(2)9(5,8)7(3)4/h6-7H,8H2,1-5H3. The van der Waals surface area contributed by atoms with Crippen molar-refractivity contribution in [2.24, 2.45) is 0 Å². The first-order valence-corrected chi connectivity index (χ1v) is 8.14. The molecule has 0 spiro atoms. The Kier molecular flexibility index (Phi) is 3.39. The first-order chi connectivity index (χ1) is 3.89. The van der Waals surface area contributed by atoms with Gasteiger partial charge >= 0.3 is 0 Å². The first kappa shape index (κ1) is 9.65. The van der Waals surface area contributed by atoms with Crippen LogP contribution >= 0.6 is 8.79 Å². The lowest BCUT2D eigenvalue weighted by Crippen LogP contribution is -2.29. The highest BCUT2D eigenvalue weighted by Crippen LogP contribution is 2.37. The van der Waals surface area contributed by atoms with Crippen molar-refractivity contribution in [2.75, 3.05) is 0 Å². The molecule has 0 heterocycles. The SMILES string of the molecule is CC(C)[Si](C)(P)C(C)C. The van der Waals surface area contributed by atoms with E-state index in [1.807, 2.05) is 0 Å². The molecule has 9 heavy (non-hydrogen) atoms. The monoisotopic (exact) mass is 162 g/mol. The lowest BCUT2D eigenvalue weighted by molar-refractivity contribution is 0.932. The highest BCUT2D eigenvalue weighted by molar-refractivity contribution is 7.69. The molecule has 0 fully saturated rings. The summed E-state index contributed by atoms with van der Waals surface area (Å²) in [5, 5.41) is 0. The van der Waals surface area contributed by atoms with Gasteiger partial charge in [0, 0.05) is 0 Å². The summed E-state index contributed by atoms with van der Waals surface area (Å²) < 4.78 is 0. The molecule has 0 aromatic rings. The van der Waals surface area contributed by atoms with Crippen LogP contribution in [-0.2, 0) is 0 Å². The first-order valence-electron chi connectivity index (χ1n) is 3.68. The van der Waals surface area contributed by atoms with E-state index in [1.165, 1.54) is 0 Å². The fourth-order valence-corrected chi connectivity index (χ4v) is 2.00. The Hall–Kier alpha value is 0.647. The Labute approximate surface area is 62.5 Å². The van der Waals surface area contributed by atoms with Crippen LogP contribution in [0.25, 0.3) is 0 Å². The third-order valence-corrected chi connectivity index (χ3v) is 11.5. The summed E-state index contributed by atoms with van der Waals surface area (Å²) in [4.78, 5) is 0. The summed E-state index contributed by atoms with van der Waals surface area (Å²) in [5.74, 6) is 0. The second-order valence-corrected chi connectivity index (χ2v) is 12.4. The van der Waals surface area contributed by atoms with Gasteiger partial charge in [-0.2, -0.15) is 0 Å². The van der Waals surface area contributed by atoms with Gasteiger partial charge in [-0.15, -0.1) is 8.79 Å². The van der Waals surface area contributed by atoms with Crippen molar-refractivity contribution in [2.45, 2.75) is 45.3 Å². The molecule has 0 aliphatic heterocycles. The van der Waals surface area contributed by atoms with E-state index in [-0.39, 0.29) is 0 Å². The fourth-order valence-electron chi connectivity index (χ4n) is 0.667. The van der Waals surface area contributed by atoms with Gasteiger partial charge in [0.15, 0.2) is 0 Å². The molecule has 0 saturated carbocycles. The summed E-state index contributed by atoms with van der Waals surface area (Å²) in [6, 6.07) is 0. The van der Waals surface area contributed by atoms with E-state index in [2.05, 4.69) is 43.0 Å². The summed E-state index contributed by atoms with van der Waals surface area (Å²) in [6.45, 7) is 11.8. The number of hydrogen-bond donors (Lipinski definition) is 0. The molecule has 0 saturated heterocycles. The smallest absolute Gasteiger partial charge is 0.0766 e. The zero-order valence-electron chi connectivity index (χ0n) is 7.23. The van der Waals surface area contributed by atoms with Gasteiger partial charge in [0.1, 0.15) is 0 Å². The molecule has 0 bridgehead atoms. The van der Waals surface area contributed by atoms with Gasteiger partial charge in [0.25, 0.3) is 0 Å². The number of rotatable bonds is 2. The van der Waals surface area contributed by atoms with Crippen LogP contribution in [0.2, 0.25) is 17.6 Å². The minimum Gasteiger partial charge on any atom is -0.148 e. The maximum absolute atomic E-state index is 3.09. The van der Waals surface area contributed by atoms with Gasteiger partial charge in [-0.3, -0.25) is 0 Å². The lowest BCUT2D eigenvalue weighted by atomic mass is 10.5. The Morgan fingerprint density at radius 2 is 1.22 bits per heavy atom. The van der Waals surface area contributed by atoms with Gasteiger partial charge in [-0.05, 0) is 11.1 Å². The van der Waals surface area contributed by atoms with Crippen LogP contribution in [0, 0.1) is 0 Å². The molecule has 0 radical (unpaired) electrons. The molecule has 0 N–H and O–H groups in total. The fraction of sp³-hybridized carbons (Fsp3) is 1.00. The molecule has 0 aliphatic carbocycles. The second kappa shape index (κ2) is 3.16. The van der Waals surface area contributed by atoms with E-state index in [4.69, 9.17) is 0 Å². The van der Waals surface area contributed by atoms with Crippen molar-refractivity contribution in [1.82, 2.24) is 0 Å². The Morgan fingerprint density at radius 1 is 1.00 bits per heavy atom. The predicted octanol–water partition coefficient (Wildman–Crippen LogP) is 3.26. The minimum atomic E-state index is -0.941. The normalized spacial score (nSPS) is 13.3. The van der Waals surface area contributed by atoms with Gasteiger partial charge < -0.3 is 0 Å². The largest absolute Gasteiger partial charge is 0.148 e. The van der Waals surface area contributed by atoms with Crippen LogP contribution in [0.3, 0.4) is 0 Å². The van der Waals surface area contributed by atoms with Gasteiger partial charge in [-0.25, -0.2) is 0 Å². The minimum absolute atomic E-state index is 0.891. The summed E-state index contributed by atoms with van der Waals surface area (Å²) >= 11 is 0. The van der Waals surface area contributed by atoms with Gasteiger partial charge in [0.05, 0.1) is 7.74 Å². The van der Waals surface area contributed by atoms with Crippen LogP contribution in [0.15, 0.2) is 0 Å². The molecule has 0 nitrogen and oxygen atoms in total. The maximum atomic E-state index is 3.09. The highest BCUT2D eigenvalue weighted by atomic mass is 31.3. The van der Waals surface area contributed by atoms with Crippen molar-refractivity contribution in [3.8, 4) is 0 Å². The Bertz CT molecular complexity index is 76.9. The molecule has 0 aromatic carbocycles. The van der Waals surface area contributed by atoms with Crippen molar-refractivity contribution in [3.63, 3.8) is 0 Å². The Balaban J connectivity index is 4.01. The predicted molar refractivity (Wildman–Crippen MR) is 51.5 cm³/mol.